The van der Waals surface area contributed by atoms with Gasteiger partial charge in [-0.05, 0) is 54.6 Å². The summed E-state index contributed by atoms with van der Waals surface area (Å²) in [5.74, 6) is -0.281. The Morgan fingerprint density at radius 2 is 1.67 bits per heavy atom. The Morgan fingerprint density at radius 3 is 2.41 bits per heavy atom. The first-order chi connectivity index (χ1) is 22.4. The van der Waals surface area contributed by atoms with E-state index in [1.807, 2.05) is 54.6 Å². The van der Waals surface area contributed by atoms with Gasteiger partial charge in [-0.25, -0.2) is 0 Å². The van der Waals surface area contributed by atoms with Crippen molar-refractivity contribution >= 4 is 23.2 Å². The molecular formula is C36H46N4O6. The molecule has 10 heteroatoms. The number of aliphatic hydroxyl groups excluding tert-OH is 1. The van der Waals surface area contributed by atoms with Gasteiger partial charge >= 0.3 is 0 Å². The molecule has 46 heavy (non-hydrogen) atoms. The molecule has 3 aromatic carbocycles. The van der Waals surface area contributed by atoms with Crippen LogP contribution in [0.4, 0.5) is 11.4 Å². The van der Waals surface area contributed by atoms with Crippen LogP contribution in [0.3, 0.4) is 0 Å². The first-order valence-corrected chi connectivity index (χ1v) is 16.1. The number of benzene rings is 3. The highest BCUT2D eigenvalue weighted by molar-refractivity contribution is 5.93. The normalized spacial score (nSPS) is 21.6. The first kappa shape index (κ1) is 33.6. The molecule has 0 aromatic heterocycles. The van der Waals surface area contributed by atoms with Crippen LogP contribution >= 0.6 is 0 Å². The van der Waals surface area contributed by atoms with Crippen molar-refractivity contribution in [2.24, 2.45) is 0 Å². The van der Waals surface area contributed by atoms with Gasteiger partial charge in [0.05, 0.1) is 36.8 Å². The van der Waals surface area contributed by atoms with Crippen LogP contribution in [0.15, 0.2) is 72.8 Å². The number of carbonyl (C=O) groups is 2. The second kappa shape index (κ2) is 16.7. The summed E-state index contributed by atoms with van der Waals surface area (Å²) in [6.07, 6.45) is 3.24. The average Bonchev–Trinajstić information content (AvgIpc) is 3.51. The molecular weight excluding hydrogens is 584 g/mol. The Bertz CT molecular complexity index is 1420. The number of nitrogens with zero attached hydrogens (tertiary/aromatic N) is 1. The lowest BCUT2D eigenvalue weighted by Gasteiger charge is -2.38. The van der Waals surface area contributed by atoms with Crippen LogP contribution in [0.25, 0.3) is 0 Å². The molecule has 2 aliphatic heterocycles. The summed E-state index contributed by atoms with van der Waals surface area (Å²) in [7, 11) is 1.75. The van der Waals surface area contributed by atoms with E-state index in [-0.39, 0.29) is 43.5 Å². The molecule has 0 saturated carbocycles. The Hall–Kier alpha value is -3.80. The van der Waals surface area contributed by atoms with Gasteiger partial charge < -0.3 is 35.7 Å². The van der Waals surface area contributed by atoms with E-state index < -0.39 is 6.29 Å². The predicted molar refractivity (Wildman–Crippen MR) is 177 cm³/mol. The van der Waals surface area contributed by atoms with Gasteiger partial charge in [-0.2, -0.15) is 0 Å². The lowest BCUT2D eigenvalue weighted by atomic mass is 9.99. The van der Waals surface area contributed by atoms with Crippen molar-refractivity contribution < 1.29 is 28.9 Å². The monoisotopic (exact) mass is 630 g/mol. The van der Waals surface area contributed by atoms with Gasteiger partial charge in [0, 0.05) is 51.1 Å². The Labute approximate surface area is 271 Å². The summed E-state index contributed by atoms with van der Waals surface area (Å²) < 4.78 is 18.5. The molecule has 0 bridgehead atoms. The topological polar surface area (TPSA) is 135 Å². The molecule has 2 amide bonds. The maximum Gasteiger partial charge on any atom is 0.224 e. The van der Waals surface area contributed by atoms with E-state index in [0.717, 1.165) is 61.2 Å². The molecule has 0 spiro atoms. The molecule has 3 aromatic rings. The second-order valence-electron chi connectivity index (χ2n) is 12.1. The summed E-state index contributed by atoms with van der Waals surface area (Å²) in [6.45, 7) is 2.95. The number of carbonyl (C=O) groups excluding carboxylic acids is 2. The molecule has 2 saturated heterocycles. The number of methoxy groups -OCH3 is 1. The lowest BCUT2D eigenvalue weighted by Crippen LogP contribution is -2.42. The number of ether oxygens (including phenoxy) is 3. The molecule has 2 heterocycles. The summed E-state index contributed by atoms with van der Waals surface area (Å²) in [5.41, 5.74) is 10.8. The number of aliphatic hydroxyl groups is 1. The largest absolute Gasteiger partial charge is 0.397 e. The third-order valence-electron chi connectivity index (χ3n) is 8.70. The third-order valence-corrected chi connectivity index (χ3v) is 8.70. The molecule has 5 N–H and O–H groups in total. The van der Waals surface area contributed by atoms with E-state index in [4.69, 9.17) is 19.9 Å². The van der Waals surface area contributed by atoms with Crippen LogP contribution in [0.1, 0.15) is 73.2 Å². The Balaban J connectivity index is 1.14. The van der Waals surface area contributed by atoms with Crippen LogP contribution in [0.5, 0.6) is 0 Å². The van der Waals surface area contributed by atoms with Crippen molar-refractivity contribution in [1.29, 1.82) is 0 Å². The highest BCUT2D eigenvalue weighted by Crippen LogP contribution is 2.38. The van der Waals surface area contributed by atoms with Gasteiger partial charge in [-0.3, -0.25) is 14.5 Å². The van der Waals surface area contributed by atoms with E-state index in [0.29, 0.717) is 30.4 Å². The first-order valence-electron chi connectivity index (χ1n) is 16.1. The van der Waals surface area contributed by atoms with Gasteiger partial charge in [0.25, 0.3) is 0 Å². The third kappa shape index (κ3) is 9.37. The molecule has 10 nitrogen and oxygen atoms in total. The number of rotatable bonds is 14. The number of hydrogen-bond acceptors (Lipinski definition) is 8. The van der Waals surface area contributed by atoms with Gasteiger partial charge in [0.1, 0.15) is 0 Å². The highest BCUT2D eigenvalue weighted by Gasteiger charge is 2.35. The second-order valence-corrected chi connectivity index (χ2v) is 12.1. The lowest BCUT2D eigenvalue weighted by molar-refractivity contribution is -0.253. The van der Waals surface area contributed by atoms with Crippen LogP contribution < -0.4 is 16.4 Å². The summed E-state index contributed by atoms with van der Waals surface area (Å²) in [5, 5.41) is 15.2. The summed E-state index contributed by atoms with van der Waals surface area (Å²) >= 11 is 0. The average molecular weight is 631 g/mol. The van der Waals surface area contributed by atoms with E-state index >= 15 is 0 Å². The van der Waals surface area contributed by atoms with Crippen LogP contribution in [0.2, 0.25) is 0 Å². The fourth-order valence-electron chi connectivity index (χ4n) is 6.13. The van der Waals surface area contributed by atoms with E-state index in [2.05, 4.69) is 15.5 Å². The number of hydrogen-bond donors (Lipinski definition) is 4. The molecule has 0 aliphatic carbocycles. The fourth-order valence-corrected chi connectivity index (χ4v) is 6.13. The van der Waals surface area contributed by atoms with Crippen molar-refractivity contribution in [3.8, 4) is 0 Å². The number of likely N-dealkylation sites (tertiary alicyclic amines) is 1. The van der Waals surface area contributed by atoms with Gasteiger partial charge in [0.2, 0.25) is 11.8 Å². The number of nitrogens with two attached hydrogens (primary N) is 1. The number of para-hydroxylation sites is 2. The SMILES string of the molecule is COC[C@@H]1CCCN1C[C@@H]1C[C@H](c2ccc(CO)cc2)O[C@H](c2ccc(CNC(=O)CCCC(=O)Nc3ccccc3N)cc2)O1. The van der Waals surface area contributed by atoms with Crippen molar-refractivity contribution in [3.05, 3.63) is 95.1 Å². The smallest absolute Gasteiger partial charge is 0.224 e. The maximum atomic E-state index is 12.4. The highest BCUT2D eigenvalue weighted by atomic mass is 16.7. The summed E-state index contributed by atoms with van der Waals surface area (Å²) in [4.78, 5) is 27.1. The zero-order valence-corrected chi connectivity index (χ0v) is 26.5. The minimum atomic E-state index is -0.536. The van der Waals surface area contributed by atoms with Crippen molar-refractivity contribution in [1.82, 2.24) is 10.2 Å². The standard InChI is InChI=1S/C36H46N4O6/c1-44-24-29-6-5-19-40(29)22-30-20-33(27-15-13-26(23-41)14-16-27)46-36(45-30)28-17-11-25(12-18-28)21-38-34(42)9-4-10-35(43)39-32-8-3-2-7-31(32)37/h2-3,7-8,11-18,29-30,33,36,41H,4-6,9-10,19-24,37H2,1H3,(H,38,42)(H,39,43)/t29-,30-,33+,36+/m0/s1. The molecule has 4 atom stereocenters. The number of anilines is 2. The molecule has 246 valence electrons. The molecule has 2 fully saturated rings. The van der Waals surface area contributed by atoms with Crippen molar-refractivity contribution in [2.75, 3.05) is 37.9 Å². The van der Waals surface area contributed by atoms with Gasteiger partial charge in [-0.1, -0.05) is 60.7 Å². The molecule has 0 unspecified atom stereocenters. The number of amides is 2. The van der Waals surface area contributed by atoms with Crippen molar-refractivity contribution in [3.63, 3.8) is 0 Å². The molecule has 5 rings (SSSR count). The zero-order chi connectivity index (χ0) is 32.3. The minimum absolute atomic E-state index is 0.00462. The van der Waals surface area contributed by atoms with E-state index in [1.165, 1.54) is 0 Å². The van der Waals surface area contributed by atoms with Crippen molar-refractivity contribution in [2.45, 2.75) is 76.2 Å². The molecule has 0 radical (unpaired) electrons. The quantitative estimate of drug-likeness (QED) is 0.186. The van der Waals surface area contributed by atoms with Gasteiger partial charge in [0.15, 0.2) is 6.29 Å². The summed E-state index contributed by atoms with van der Waals surface area (Å²) in [6, 6.07) is 23.3. The fraction of sp³-hybridized carbons (Fsp3) is 0.444. The van der Waals surface area contributed by atoms with Crippen LogP contribution in [-0.4, -0.2) is 60.8 Å². The Morgan fingerprint density at radius 1 is 0.957 bits per heavy atom. The van der Waals surface area contributed by atoms with Crippen LogP contribution in [-0.2, 0) is 37.0 Å². The number of nitrogen functional groups attached to an aromatic ring is 1. The minimum Gasteiger partial charge on any atom is -0.397 e. The van der Waals surface area contributed by atoms with Gasteiger partial charge in [-0.15, -0.1) is 0 Å². The zero-order valence-electron chi connectivity index (χ0n) is 26.5. The maximum absolute atomic E-state index is 12.4. The van der Waals surface area contributed by atoms with E-state index in [1.54, 1.807) is 25.3 Å². The number of nitrogens with one attached hydrogen (secondary N) is 2. The molecule has 2 aliphatic rings. The Kier molecular flexibility index (Phi) is 12.2. The van der Waals surface area contributed by atoms with E-state index in [9.17, 15) is 14.7 Å². The predicted octanol–water partition coefficient (Wildman–Crippen LogP) is 4.84. The van der Waals surface area contributed by atoms with Crippen LogP contribution in [0, 0.1) is 0 Å².